The second-order valence-electron chi connectivity index (χ2n) is 4.98. The highest BCUT2D eigenvalue weighted by molar-refractivity contribution is 9.10. The second-order valence-corrected chi connectivity index (χ2v) is 5.90. The Balaban J connectivity index is 2.12. The quantitative estimate of drug-likeness (QED) is 0.674. The fraction of sp³-hybridized carbons (Fsp3) is 0.500. The highest BCUT2D eigenvalue weighted by atomic mass is 79.9. The van der Waals surface area contributed by atoms with Gasteiger partial charge in [-0.05, 0) is 58.1 Å². The molecule has 0 atom stereocenters. The molecule has 2 rings (SSSR count). The van der Waals surface area contributed by atoms with Crippen LogP contribution in [0.25, 0.3) is 0 Å². The highest BCUT2D eigenvalue weighted by Crippen LogP contribution is 2.21. The van der Waals surface area contributed by atoms with E-state index in [2.05, 4.69) is 34.8 Å². The van der Waals surface area contributed by atoms with Crippen molar-refractivity contribution in [2.24, 2.45) is 4.99 Å². The molecule has 0 spiro atoms. The van der Waals surface area contributed by atoms with Crippen molar-refractivity contribution in [1.29, 1.82) is 0 Å². The number of anilines is 1. The zero-order chi connectivity index (χ0) is 13.1. The number of nitrogens with zero attached hydrogens (tertiary/aromatic N) is 2. The lowest BCUT2D eigenvalue weighted by Crippen LogP contribution is -2.32. The summed E-state index contributed by atoms with van der Waals surface area (Å²) >= 11 is 3.43. The molecule has 0 radical (unpaired) electrons. The molecule has 1 aromatic rings. The zero-order valence-corrected chi connectivity index (χ0v) is 12.6. The Morgan fingerprint density at radius 1 is 1.39 bits per heavy atom. The van der Waals surface area contributed by atoms with Gasteiger partial charge in [0.1, 0.15) is 0 Å². The lowest BCUT2D eigenvalue weighted by molar-refractivity contribution is 0.257. The molecule has 1 saturated heterocycles. The lowest BCUT2D eigenvalue weighted by atomic mass is 10.0. The molecule has 1 heterocycles. The van der Waals surface area contributed by atoms with Crippen LogP contribution < -0.4 is 5.73 Å². The Kier molecular flexibility index (Phi) is 4.40. The molecule has 1 fully saturated rings. The molecular weight excluding hydrogens is 290 g/mol. The van der Waals surface area contributed by atoms with Crippen LogP contribution >= 0.6 is 15.9 Å². The Morgan fingerprint density at radius 2 is 2.06 bits per heavy atom. The van der Waals surface area contributed by atoms with Crippen molar-refractivity contribution in [3.8, 4) is 0 Å². The van der Waals surface area contributed by atoms with Crippen LogP contribution in [0.3, 0.4) is 0 Å². The monoisotopic (exact) mass is 309 g/mol. The molecule has 2 N–H and O–H groups in total. The molecule has 1 aliphatic rings. The van der Waals surface area contributed by atoms with Crippen molar-refractivity contribution in [1.82, 2.24) is 4.90 Å². The summed E-state index contributed by atoms with van der Waals surface area (Å²) < 4.78 is 1.01. The average molecular weight is 310 g/mol. The highest BCUT2D eigenvalue weighted by Gasteiger charge is 2.16. The van der Waals surface area contributed by atoms with E-state index in [1.165, 1.54) is 0 Å². The first-order valence-electron chi connectivity index (χ1n) is 6.34. The summed E-state index contributed by atoms with van der Waals surface area (Å²) in [7, 11) is 2.17. The van der Waals surface area contributed by atoms with Crippen molar-refractivity contribution >= 4 is 27.3 Å². The third-order valence-corrected chi connectivity index (χ3v) is 3.96. The fourth-order valence-electron chi connectivity index (χ4n) is 2.33. The van der Waals surface area contributed by atoms with Crippen LogP contribution in [-0.2, 0) is 0 Å². The molecule has 0 aromatic heterocycles. The van der Waals surface area contributed by atoms with Gasteiger partial charge in [-0.2, -0.15) is 0 Å². The largest absolute Gasteiger partial charge is 0.398 e. The number of piperidine rings is 1. The van der Waals surface area contributed by atoms with Crippen molar-refractivity contribution < 1.29 is 0 Å². The Bertz CT molecular complexity index is 448. The molecule has 18 heavy (non-hydrogen) atoms. The smallest absolute Gasteiger partial charge is 0.0527 e. The van der Waals surface area contributed by atoms with Gasteiger partial charge in [-0.15, -0.1) is 0 Å². The van der Waals surface area contributed by atoms with Gasteiger partial charge < -0.3 is 10.6 Å². The van der Waals surface area contributed by atoms with Gasteiger partial charge in [0.15, 0.2) is 0 Å². The van der Waals surface area contributed by atoms with E-state index < -0.39 is 0 Å². The minimum absolute atomic E-state index is 0.448. The molecule has 1 aliphatic heterocycles. The number of hydrogen-bond donors (Lipinski definition) is 1. The molecule has 98 valence electrons. The molecule has 0 unspecified atom stereocenters. The molecule has 0 aliphatic carbocycles. The van der Waals surface area contributed by atoms with Gasteiger partial charge in [0.05, 0.1) is 6.04 Å². The summed E-state index contributed by atoms with van der Waals surface area (Å²) in [6, 6.07) is 6.43. The number of halogens is 1. The number of rotatable bonds is 2. The summed E-state index contributed by atoms with van der Waals surface area (Å²) in [5, 5.41) is 0. The molecular formula is C14H20BrN3. The third-order valence-electron chi connectivity index (χ3n) is 3.47. The SMILES string of the molecule is CC(=NC1CCN(C)CC1)c1ccc(Br)cc1N. The van der Waals surface area contributed by atoms with Crippen molar-refractivity contribution in [3.63, 3.8) is 0 Å². The summed E-state index contributed by atoms with van der Waals surface area (Å²) in [6.45, 7) is 4.33. The Hall–Kier alpha value is -0.870. The van der Waals surface area contributed by atoms with Gasteiger partial charge in [-0.3, -0.25) is 4.99 Å². The fourth-order valence-corrected chi connectivity index (χ4v) is 2.71. The first kappa shape index (κ1) is 13.6. The van der Waals surface area contributed by atoms with E-state index in [1.54, 1.807) is 0 Å². The van der Waals surface area contributed by atoms with Gasteiger partial charge in [0.25, 0.3) is 0 Å². The van der Waals surface area contributed by atoms with E-state index in [9.17, 15) is 0 Å². The van der Waals surface area contributed by atoms with E-state index in [4.69, 9.17) is 10.7 Å². The third kappa shape index (κ3) is 3.33. The first-order chi connectivity index (χ1) is 8.56. The molecule has 3 nitrogen and oxygen atoms in total. The normalized spacial score (nSPS) is 19.2. The summed E-state index contributed by atoms with van der Waals surface area (Å²) in [5.41, 5.74) is 8.92. The molecule has 0 bridgehead atoms. The molecule has 1 aromatic carbocycles. The van der Waals surface area contributed by atoms with Crippen LogP contribution in [0.5, 0.6) is 0 Å². The number of nitrogen functional groups attached to an aromatic ring is 1. The number of aliphatic imine (C=N–C) groups is 1. The maximum absolute atomic E-state index is 6.03. The zero-order valence-electron chi connectivity index (χ0n) is 11.0. The first-order valence-corrected chi connectivity index (χ1v) is 7.14. The van der Waals surface area contributed by atoms with Gasteiger partial charge in [0.2, 0.25) is 0 Å². The molecule has 4 heteroatoms. The Labute approximate surface area is 117 Å². The van der Waals surface area contributed by atoms with Crippen LogP contribution in [0, 0.1) is 0 Å². The standard InChI is InChI=1S/C14H20BrN3/c1-10(13-4-3-11(15)9-14(13)16)17-12-5-7-18(2)8-6-12/h3-4,9,12H,5-8,16H2,1-2H3. The molecule has 0 amide bonds. The van der Waals surface area contributed by atoms with E-state index in [0.717, 1.165) is 47.4 Å². The number of hydrogen-bond acceptors (Lipinski definition) is 3. The maximum atomic E-state index is 6.03. The van der Waals surface area contributed by atoms with Crippen molar-refractivity contribution in [2.45, 2.75) is 25.8 Å². The van der Waals surface area contributed by atoms with E-state index in [0.29, 0.717) is 6.04 Å². The second kappa shape index (κ2) is 5.85. The van der Waals surface area contributed by atoms with Crippen LogP contribution in [0.4, 0.5) is 5.69 Å². The van der Waals surface area contributed by atoms with E-state index in [-0.39, 0.29) is 0 Å². The van der Waals surface area contributed by atoms with Crippen LogP contribution in [0.15, 0.2) is 27.7 Å². The van der Waals surface area contributed by atoms with Gasteiger partial charge in [-0.1, -0.05) is 15.9 Å². The lowest BCUT2D eigenvalue weighted by Gasteiger charge is -2.27. The average Bonchev–Trinajstić information content (AvgIpc) is 2.32. The van der Waals surface area contributed by atoms with Gasteiger partial charge in [0, 0.05) is 21.4 Å². The van der Waals surface area contributed by atoms with E-state index in [1.807, 2.05) is 18.2 Å². The topological polar surface area (TPSA) is 41.6 Å². The van der Waals surface area contributed by atoms with Crippen LogP contribution in [0.2, 0.25) is 0 Å². The van der Waals surface area contributed by atoms with E-state index >= 15 is 0 Å². The van der Waals surface area contributed by atoms with Crippen molar-refractivity contribution in [2.75, 3.05) is 25.9 Å². The number of nitrogens with two attached hydrogens (primary N) is 1. The predicted molar refractivity (Wildman–Crippen MR) is 81.3 cm³/mol. The summed E-state index contributed by atoms with van der Waals surface area (Å²) in [4.78, 5) is 7.18. The maximum Gasteiger partial charge on any atom is 0.0527 e. The van der Waals surface area contributed by atoms with Crippen molar-refractivity contribution in [3.05, 3.63) is 28.2 Å². The number of likely N-dealkylation sites (tertiary alicyclic amines) is 1. The van der Waals surface area contributed by atoms with Crippen LogP contribution in [-0.4, -0.2) is 36.8 Å². The van der Waals surface area contributed by atoms with Gasteiger partial charge in [-0.25, -0.2) is 0 Å². The van der Waals surface area contributed by atoms with Gasteiger partial charge >= 0.3 is 0 Å². The minimum Gasteiger partial charge on any atom is -0.398 e. The van der Waals surface area contributed by atoms with Crippen LogP contribution in [0.1, 0.15) is 25.3 Å². The summed E-state index contributed by atoms with van der Waals surface area (Å²) in [5.74, 6) is 0. The number of benzene rings is 1. The predicted octanol–water partition coefficient (Wildman–Crippen LogP) is 2.93. The minimum atomic E-state index is 0.448. The summed E-state index contributed by atoms with van der Waals surface area (Å²) in [6.07, 6.45) is 2.29. The molecule has 0 saturated carbocycles. The Morgan fingerprint density at radius 3 is 2.67 bits per heavy atom.